The summed E-state index contributed by atoms with van der Waals surface area (Å²) in [6.07, 6.45) is 3.62. The maximum atomic E-state index is 5.50. The maximum Gasteiger partial charge on any atom is 0.193 e. The van der Waals surface area contributed by atoms with Gasteiger partial charge in [0, 0.05) is 42.5 Å². The number of halogens is 1. The maximum absolute atomic E-state index is 5.50. The number of guanidine groups is 1. The highest BCUT2D eigenvalue weighted by molar-refractivity contribution is 9.10. The zero-order valence-corrected chi connectivity index (χ0v) is 16.3. The molecule has 4 nitrogen and oxygen atoms in total. The van der Waals surface area contributed by atoms with Gasteiger partial charge in [-0.2, -0.15) is 0 Å². The fourth-order valence-corrected chi connectivity index (χ4v) is 3.80. The first-order chi connectivity index (χ1) is 11.6. The molecule has 1 heterocycles. The van der Waals surface area contributed by atoms with E-state index in [1.807, 2.05) is 0 Å². The first-order valence-electron chi connectivity index (χ1n) is 8.96. The summed E-state index contributed by atoms with van der Waals surface area (Å²) in [7, 11) is 2.14. The SMILES string of the molecule is CCNC(=NCC1(c2cccc(Br)c2)CC1)N(C)CC1CCOC1. The van der Waals surface area contributed by atoms with Crippen molar-refractivity contribution in [3.8, 4) is 0 Å². The second-order valence-electron chi connectivity index (χ2n) is 7.07. The molecule has 0 amide bonds. The van der Waals surface area contributed by atoms with E-state index in [1.54, 1.807) is 0 Å². The summed E-state index contributed by atoms with van der Waals surface area (Å²) in [5.74, 6) is 1.64. The highest BCUT2D eigenvalue weighted by Gasteiger charge is 2.44. The minimum atomic E-state index is 0.238. The molecule has 2 fully saturated rings. The molecular formula is C19H28BrN3O. The second-order valence-corrected chi connectivity index (χ2v) is 7.99. The molecule has 0 bridgehead atoms. The lowest BCUT2D eigenvalue weighted by Crippen LogP contribution is -2.42. The van der Waals surface area contributed by atoms with Crippen LogP contribution in [0.4, 0.5) is 0 Å². The number of hydrogen-bond acceptors (Lipinski definition) is 2. The smallest absolute Gasteiger partial charge is 0.193 e. The molecular weight excluding hydrogens is 366 g/mol. The quantitative estimate of drug-likeness (QED) is 0.594. The predicted molar refractivity (Wildman–Crippen MR) is 103 cm³/mol. The summed E-state index contributed by atoms with van der Waals surface area (Å²) in [5.41, 5.74) is 1.64. The van der Waals surface area contributed by atoms with Crippen LogP contribution in [0, 0.1) is 5.92 Å². The topological polar surface area (TPSA) is 36.9 Å². The van der Waals surface area contributed by atoms with E-state index in [1.165, 1.54) is 18.4 Å². The average molecular weight is 394 g/mol. The summed E-state index contributed by atoms with van der Waals surface area (Å²) in [5, 5.41) is 3.45. The highest BCUT2D eigenvalue weighted by Crippen LogP contribution is 2.48. The Morgan fingerprint density at radius 3 is 2.92 bits per heavy atom. The van der Waals surface area contributed by atoms with E-state index in [2.05, 4.69) is 64.4 Å². The molecule has 1 unspecified atom stereocenters. The Labute approximate surface area is 153 Å². The molecule has 1 aliphatic carbocycles. The predicted octanol–water partition coefficient (Wildman–Crippen LogP) is 3.41. The molecule has 0 aromatic heterocycles. The van der Waals surface area contributed by atoms with Crippen LogP contribution in [0.3, 0.4) is 0 Å². The molecule has 1 aromatic rings. The Morgan fingerprint density at radius 1 is 1.46 bits per heavy atom. The average Bonchev–Trinajstić information content (AvgIpc) is 3.20. The summed E-state index contributed by atoms with van der Waals surface area (Å²) >= 11 is 3.59. The standard InChI is InChI=1S/C19H28BrN3O/c1-3-21-18(23(2)12-15-7-10-24-13-15)22-14-19(8-9-19)16-5-4-6-17(20)11-16/h4-6,11,15H,3,7-10,12-14H2,1-2H3,(H,21,22). The van der Waals surface area contributed by atoms with Crippen LogP contribution in [0.25, 0.3) is 0 Å². The molecule has 1 atom stereocenters. The van der Waals surface area contributed by atoms with Gasteiger partial charge < -0.3 is 15.0 Å². The van der Waals surface area contributed by atoms with Gasteiger partial charge in [0.1, 0.15) is 0 Å². The van der Waals surface area contributed by atoms with Crippen molar-refractivity contribution in [2.24, 2.45) is 10.9 Å². The molecule has 0 spiro atoms. The van der Waals surface area contributed by atoms with Gasteiger partial charge in [-0.3, -0.25) is 4.99 Å². The Balaban J connectivity index is 1.66. The van der Waals surface area contributed by atoms with Crippen LogP contribution in [0.2, 0.25) is 0 Å². The molecule has 1 N–H and O–H groups in total. The Kier molecular flexibility index (Phi) is 5.82. The minimum Gasteiger partial charge on any atom is -0.381 e. The number of benzene rings is 1. The molecule has 3 rings (SSSR count). The Bertz CT molecular complexity index is 580. The van der Waals surface area contributed by atoms with Gasteiger partial charge in [-0.1, -0.05) is 28.1 Å². The van der Waals surface area contributed by atoms with Crippen molar-refractivity contribution in [1.82, 2.24) is 10.2 Å². The summed E-state index contributed by atoms with van der Waals surface area (Å²) < 4.78 is 6.65. The highest BCUT2D eigenvalue weighted by atomic mass is 79.9. The van der Waals surface area contributed by atoms with Gasteiger partial charge in [0.2, 0.25) is 0 Å². The lowest BCUT2D eigenvalue weighted by Gasteiger charge is -2.25. The van der Waals surface area contributed by atoms with Gasteiger partial charge in [0.25, 0.3) is 0 Å². The van der Waals surface area contributed by atoms with Crippen molar-refractivity contribution < 1.29 is 4.74 Å². The zero-order chi connectivity index (χ0) is 17.0. The minimum absolute atomic E-state index is 0.238. The van der Waals surface area contributed by atoms with Crippen LogP contribution >= 0.6 is 15.9 Å². The van der Waals surface area contributed by atoms with E-state index in [-0.39, 0.29) is 5.41 Å². The zero-order valence-electron chi connectivity index (χ0n) is 14.7. The van der Waals surface area contributed by atoms with Crippen LogP contribution in [0.15, 0.2) is 33.7 Å². The summed E-state index contributed by atoms with van der Waals surface area (Å²) in [6.45, 7) is 6.67. The van der Waals surface area contributed by atoms with E-state index in [9.17, 15) is 0 Å². The third-order valence-corrected chi connectivity index (χ3v) is 5.57. The van der Waals surface area contributed by atoms with E-state index in [4.69, 9.17) is 9.73 Å². The van der Waals surface area contributed by atoms with E-state index in [0.29, 0.717) is 5.92 Å². The van der Waals surface area contributed by atoms with Crippen molar-refractivity contribution in [3.63, 3.8) is 0 Å². The van der Waals surface area contributed by atoms with Crippen LogP contribution in [0.1, 0.15) is 31.7 Å². The molecule has 132 valence electrons. The number of nitrogens with zero attached hydrogens (tertiary/aromatic N) is 2. The van der Waals surface area contributed by atoms with Crippen molar-refractivity contribution in [2.75, 3.05) is 39.9 Å². The van der Waals surface area contributed by atoms with Crippen molar-refractivity contribution in [1.29, 1.82) is 0 Å². The van der Waals surface area contributed by atoms with E-state index >= 15 is 0 Å². The number of rotatable bonds is 6. The molecule has 2 aliphatic rings. The van der Waals surface area contributed by atoms with E-state index < -0.39 is 0 Å². The summed E-state index contributed by atoms with van der Waals surface area (Å²) in [4.78, 5) is 7.23. The van der Waals surface area contributed by atoms with Crippen LogP contribution in [-0.2, 0) is 10.2 Å². The number of aliphatic imine (C=N–C) groups is 1. The lowest BCUT2D eigenvalue weighted by atomic mass is 9.96. The molecule has 1 aromatic carbocycles. The number of ether oxygens (including phenoxy) is 1. The first-order valence-corrected chi connectivity index (χ1v) is 9.75. The Hall–Kier alpha value is -1.07. The fraction of sp³-hybridized carbons (Fsp3) is 0.632. The van der Waals surface area contributed by atoms with Crippen molar-refractivity contribution in [2.45, 2.75) is 31.6 Å². The largest absolute Gasteiger partial charge is 0.381 e. The van der Waals surface area contributed by atoms with Crippen molar-refractivity contribution in [3.05, 3.63) is 34.3 Å². The van der Waals surface area contributed by atoms with Gasteiger partial charge in [-0.25, -0.2) is 0 Å². The number of hydrogen-bond donors (Lipinski definition) is 1. The molecule has 1 saturated heterocycles. The fourth-order valence-electron chi connectivity index (χ4n) is 3.40. The van der Waals surface area contributed by atoms with Gasteiger partial charge in [0.05, 0.1) is 13.2 Å². The third-order valence-electron chi connectivity index (χ3n) is 5.07. The van der Waals surface area contributed by atoms with Crippen LogP contribution in [0.5, 0.6) is 0 Å². The third kappa shape index (κ3) is 4.31. The van der Waals surface area contributed by atoms with Crippen LogP contribution < -0.4 is 5.32 Å². The van der Waals surface area contributed by atoms with Crippen molar-refractivity contribution >= 4 is 21.9 Å². The molecule has 1 aliphatic heterocycles. The van der Waals surface area contributed by atoms with Gasteiger partial charge in [-0.15, -0.1) is 0 Å². The monoisotopic (exact) mass is 393 g/mol. The number of nitrogens with one attached hydrogen (secondary N) is 1. The molecule has 5 heteroatoms. The first kappa shape index (κ1) is 17.7. The van der Waals surface area contributed by atoms with E-state index in [0.717, 1.165) is 49.7 Å². The molecule has 1 saturated carbocycles. The molecule has 0 radical (unpaired) electrons. The van der Waals surface area contributed by atoms with Gasteiger partial charge >= 0.3 is 0 Å². The summed E-state index contributed by atoms with van der Waals surface area (Å²) in [6, 6.07) is 8.69. The lowest BCUT2D eigenvalue weighted by molar-refractivity contribution is 0.181. The Morgan fingerprint density at radius 2 is 2.29 bits per heavy atom. The van der Waals surface area contributed by atoms with Gasteiger partial charge in [0.15, 0.2) is 5.96 Å². The molecule has 24 heavy (non-hydrogen) atoms. The second kappa shape index (κ2) is 7.87. The van der Waals surface area contributed by atoms with Gasteiger partial charge in [-0.05, 0) is 43.9 Å². The van der Waals surface area contributed by atoms with Crippen LogP contribution in [-0.4, -0.2) is 50.8 Å². The normalized spacial score (nSPS) is 22.5.